The van der Waals surface area contributed by atoms with Gasteiger partial charge in [-0.2, -0.15) is 0 Å². The van der Waals surface area contributed by atoms with Crippen LogP contribution in [-0.2, 0) is 14.8 Å². The van der Waals surface area contributed by atoms with Crippen LogP contribution >= 0.6 is 0 Å². The molecule has 0 atom stereocenters. The first-order valence-electron chi connectivity index (χ1n) is 5.35. The summed E-state index contributed by atoms with van der Waals surface area (Å²) in [6, 6.07) is 5.68. The van der Waals surface area contributed by atoms with E-state index in [0.29, 0.717) is 6.42 Å². The summed E-state index contributed by atoms with van der Waals surface area (Å²) in [5.41, 5.74) is -0.00838. The molecular weight excluding hydrogens is 258 g/mol. The van der Waals surface area contributed by atoms with Gasteiger partial charge in [0.2, 0.25) is 0 Å². The van der Waals surface area contributed by atoms with Crippen molar-refractivity contribution in [3.63, 3.8) is 0 Å². The number of hydrogen-bond acceptors (Lipinski definition) is 5. The lowest BCUT2D eigenvalue weighted by Gasteiger charge is -2.12. The molecule has 0 N–H and O–H groups in total. The molecule has 2 amide bonds. The molecule has 7 heteroatoms. The molecule has 0 bridgehead atoms. The number of imide groups is 1. The Kier molecular flexibility index (Phi) is 3.08. The SMILES string of the molecule is CCCOC(=O)N1C(=O)c2ccccc2S1(=O)=O. The van der Waals surface area contributed by atoms with Gasteiger partial charge in [-0.25, -0.2) is 13.2 Å². The van der Waals surface area contributed by atoms with Crippen LogP contribution in [0.4, 0.5) is 4.79 Å². The Morgan fingerprint density at radius 3 is 2.61 bits per heavy atom. The largest absolute Gasteiger partial charge is 0.448 e. The molecular formula is C11H11NO5S. The molecule has 0 saturated heterocycles. The number of rotatable bonds is 2. The number of benzene rings is 1. The zero-order valence-corrected chi connectivity index (χ0v) is 10.4. The maximum absolute atomic E-state index is 12.0. The molecule has 1 aliphatic rings. The lowest BCUT2D eigenvalue weighted by atomic mass is 10.2. The van der Waals surface area contributed by atoms with Crippen molar-refractivity contribution in [2.24, 2.45) is 0 Å². The van der Waals surface area contributed by atoms with Crippen LogP contribution < -0.4 is 0 Å². The van der Waals surface area contributed by atoms with Gasteiger partial charge >= 0.3 is 6.09 Å². The first-order valence-corrected chi connectivity index (χ1v) is 6.79. The molecule has 0 radical (unpaired) electrons. The van der Waals surface area contributed by atoms with Crippen LogP contribution in [0.15, 0.2) is 29.2 Å². The number of ether oxygens (including phenoxy) is 1. The first kappa shape index (κ1) is 12.6. The normalized spacial score (nSPS) is 16.5. The summed E-state index contributed by atoms with van der Waals surface area (Å²) >= 11 is 0. The molecule has 0 aromatic heterocycles. The van der Waals surface area contributed by atoms with E-state index < -0.39 is 22.0 Å². The molecule has 96 valence electrons. The minimum atomic E-state index is -4.12. The summed E-state index contributed by atoms with van der Waals surface area (Å²) in [4.78, 5) is 23.3. The second-order valence-electron chi connectivity index (χ2n) is 3.69. The minimum absolute atomic E-state index is 0.00838. The molecule has 0 spiro atoms. The van der Waals surface area contributed by atoms with E-state index in [2.05, 4.69) is 0 Å². The fraction of sp³-hybridized carbons (Fsp3) is 0.273. The lowest BCUT2D eigenvalue weighted by molar-refractivity contribution is 0.0807. The molecule has 1 aromatic rings. The van der Waals surface area contributed by atoms with Crippen molar-refractivity contribution in [2.45, 2.75) is 18.2 Å². The van der Waals surface area contributed by atoms with Crippen molar-refractivity contribution in [3.8, 4) is 0 Å². The van der Waals surface area contributed by atoms with Gasteiger partial charge in [0.25, 0.3) is 15.9 Å². The van der Waals surface area contributed by atoms with Crippen molar-refractivity contribution < 1.29 is 22.7 Å². The highest BCUT2D eigenvalue weighted by Crippen LogP contribution is 2.30. The van der Waals surface area contributed by atoms with E-state index in [9.17, 15) is 18.0 Å². The Bertz CT molecular complexity index is 608. The number of carbonyl (C=O) groups is 2. The van der Waals surface area contributed by atoms with E-state index in [0.717, 1.165) is 0 Å². The highest BCUT2D eigenvalue weighted by Gasteiger charge is 2.46. The summed E-state index contributed by atoms with van der Waals surface area (Å²) in [5.74, 6) is -0.869. The third kappa shape index (κ3) is 1.76. The number of nitrogens with zero attached hydrogens (tertiary/aromatic N) is 1. The molecule has 0 saturated carbocycles. The Morgan fingerprint density at radius 2 is 2.00 bits per heavy atom. The van der Waals surface area contributed by atoms with Gasteiger partial charge < -0.3 is 4.74 Å². The van der Waals surface area contributed by atoms with E-state index in [1.807, 2.05) is 0 Å². The first-order chi connectivity index (χ1) is 8.50. The van der Waals surface area contributed by atoms with Gasteiger partial charge in [0.1, 0.15) is 4.90 Å². The lowest BCUT2D eigenvalue weighted by Crippen LogP contribution is -2.36. The second kappa shape index (κ2) is 4.41. The maximum atomic E-state index is 12.0. The highest BCUT2D eigenvalue weighted by molar-refractivity contribution is 7.90. The minimum Gasteiger partial charge on any atom is -0.448 e. The van der Waals surface area contributed by atoms with E-state index in [4.69, 9.17) is 4.74 Å². The number of carbonyl (C=O) groups excluding carboxylic acids is 2. The monoisotopic (exact) mass is 269 g/mol. The molecule has 6 nitrogen and oxygen atoms in total. The number of hydrogen-bond donors (Lipinski definition) is 0. The highest BCUT2D eigenvalue weighted by atomic mass is 32.2. The van der Waals surface area contributed by atoms with Crippen molar-refractivity contribution in [3.05, 3.63) is 29.8 Å². The summed E-state index contributed by atoms with van der Waals surface area (Å²) in [7, 11) is -4.12. The smallest absolute Gasteiger partial charge is 0.431 e. The molecule has 0 unspecified atom stereocenters. The third-order valence-electron chi connectivity index (χ3n) is 2.42. The van der Waals surface area contributed by atoms with Gasteiger partial charge in [-0.3, -0.25) is 4.79 Å². The number of amides is 2. The van der Waals surface area contributed by atoms with Crippen LogP contribution in [0.2, 0.25) is 0 Å². The molecule has 0 aliphatic carbocycles. The Balaban J connectivity index is 2.42. The molecule has 1 aliphatic heterocycles. The Hall–Kier alpha value is -1.89. The number of fused-ring (bicyclic) bond motifs is 1. The van der Waals surface area contributed by atoms with E-state index in [1.165, 1.54) is 24.3 Å². The van der Waals surface area contributed by atoms with Crippen LogP contribution in [0, 0.1) is 0 Å². The number of sulfonamides is 1. The van der Waals surface area contributed by atoms with Crippen molar-refractivity contribution in [2.75, 3.05) is 6.61 Å². The van der Waals surface area contributed by atoms with Crippen molar-refractivity contribution >= 4 is 22.0 Å². The average Bonchev–Trinajstić information content (AvgIpc) is 2.55. The molecule has 2 rings (SSSR count). The summed E-state index contributed by atoms with van der Waals surface area (Å²) in [6.07, 6.45) is -0.612. The van der Waals surface area contributed by atoms with E-state index in [-0.39, 0.29) is 21.4 Å². The van der Waals surface area contributed by atoms with E-state index in [1.54, 1.807) is 6.92 Å². The van der Waals surface area contributed by atoms with Gasteiger partial charge in [-0.15, -0.1) is 4.31 Å². The van der Waals surface area contributed by atoms with E-state index >= 15 is 0 Å². The fourth-order valence-corrected chi connectivity index (χ4v) is 3.06. The maximum Gasteiger partial charge on any atom is 0.431 e. The van der Waals surface area contributed by atoms with Crippen LogP contribution in [-0.4, -0.2) is 31.3 Å². The van der Waals surface area contributed by atoms with Crippen LogP contribution in [0.3, 0.4) is 0 Å². The third-order valence-corrected chi connectivity index (χ3v) is 4.12. The summed E-state index contributed by atoms with van der Waals surface area (Å²) in [5, 5.41) is 0. The Labute approximate surface area is 104 Å². The van der Waals surface area contributed by atoms with Crippen molar-refractivity contribution in [1.29, 1.82) is 0 Å². The molecule has 0 fully saturated rings. The van der Waals surface area contributed by atoms with Crippen LogP contribution in [0.5, 0.6) is 0 Å². The fourth-order valence-electron chi connectivity index (χ4n) is 1.61. The predicted molar refractivity (Wildman–Crippen MR) is 61.4 cm³/mol. The van der Waals surface area contributed by atoms with Crippen LogP contribution in [0.25, 0.3) is 0 Å². The average molecular weight is 269 g/mol. The van der Waals surface area contributed by atoms with Gasteiger partial charge in [0.05, 0.1) is 12.2 Å². The molecule has 1 aromatic carbocycles. The van der Waals surface area contributed by atoms with Gasteiger partial charge in [0.15, 0.2) is 0 Å². The Morgan fingerprint density at radius 1 is 1.33 bits per heavy atom. The predicted octanol–water partition coefficient (Wildman–Crippen LogP) is 1.38. The van der Waals surface area contributed by atoms with Gasteiger partial charge in [-0.05, 0) is 18.6 Å². The van der Waals surface area contributed by atoms with Gasteiger partial charge in [0, 0.05) is 0 Å². The van der Waals surface area contributed by atoms with Gasteiger partial charge in [-0.1, -0.05) is 19.1 Å². The quantitative estimate of drug-likeness (QED) is 0.810. The zero-order chi connectivity index (χ0) is 13.3. The van der Waals surface area contributed by atoms with Crippen molar-refractivity contribution in [1.82, 2.24) is 4.31 Å². The van der Waals surface area contributed by atoms with Crippen LogP contribution in [0.1, 0.15) is 23.7 Å². The molecule has 18 heavy (non-hydrogen) atoms. The molecule has 1 heterocycles. The summed E-state index contributed by atoms with van der Waals surface area (Å²) in [6.45, 7) is 1.83. The second-order valence-corrected chi connectivity index (χ2v) is 5.44. The topological polar surface area (TPSA) is 80.8 Å². The standard InChI is InChI=1S/C11H11NO5S/c1-2-7-17-11(14)12-10(13)8-5-3-4-6-9(8)18(12,15)16/h3-6H,2,7H2,1H3. The zero-order valence-electron chi connectivity index (χ0n) is 9.62. The summed E-state index contributed by atoms with van der Waals surface area (Å²) < 4.78 is 28.9.